The number of nitrogens with two attached hydrogens (primary N) is 1. The molecule has 5 N–H and O–H groups in total. The average Bonchev–Trinajstić information content (AvgIpc) is 2.46. The van der Waals surface area contributed by atoms with E-state index in [1.165, 1.54) is 0 Å². The van der Waals surface area contributed by atoms with Gasteiger partial charge in [-0.05, 0) is 18.4 Å². The van der Waals surface area contributed by atoms with Crippen molar-refractivity contribution in [3.8, 4) is 0 Å². The highest BCUT2D eigenvalue weighted by atomic mass is 16.7. The molecule has 0 aliphatic rings. The summed E-state index contributed by atoms with van der Waals surface area (Å²) in [5.74, 6) is -1.24. The van der Waals surface area contributed by atoms with Crippen LogP contribution in [0.15, 0.2) is 35.4 Å². The second-order valence-corrected chi connectivity index (χ2v) is 4.55. The fraction of sp³-hybridized carbons (Fsp3) is 0.385. The molecule has 0 radical (unpaired) electrons. The standard InChI is InChI=1S/C13H19N5O4/c14-13(17-18(21)22)15-8-4-7-11(12(19)20)16-9-10-5-2-1-3-6-10/h1-3,5-6,11,16H,4,7-9H2,(H,19,20)(H3,14,15,17)/t11-/m1/s1. The highest BCUT2D eigenvalue weighted by Crippen LogP contribution is 2.02. The topological polar surface area (TPSA) is 143 Å². The molecule has 0 amide bonds. The minimum absolute atomic E-state index is 0.297. The Bertz CT molecular complexity index is 520. The first-order valence-electron chi connectivity index (χ1n) is 6.71. The van der Waals surface area contributed by atoms with Gasteiger partial charge in [-0.3, -0.25) is 4.79 Å². The number of nitrogens with one attached hydrogen (secondary N) is 2. The Morgan fingerprint density at radius 2 is 2.09 bits per heavy atom. The Hall–Kier alpha value is -2.68. The van der Waals surface area contributed by atoms with E-state index < -0.39 is 17.0 Å². The second kappa shape index (κ2) is 9.29. The molecule has 0 aliphatic heterocycles. The van der Waals surface area contributed by atoms with Gasteiger partial charge in [0.15, 0.2) is 5.03 Å². The quantitative estimate of drug-likeness (QED) is 0.166. The number of hydrazone groups is 1. The summed E-state index contributed by atoms with van der Waals surface area (Å²) >= 11 is 0. The van der Waals surface area contributed by atoms with Crippen LogP contribution in [-0.4, -0.2) is 34.7 Å². The van der Waals surface area contributed by atoms with E-state index in [1.807, 2.05) is 30.3 Å². The lowest BCUT2D eigenvalue weighted by molar-refractivity contribution is -0.485. The van der Waals surface area contributed by atoms with Gasteiger partial charge < -0.3 is 21.5 Å². The molecule has 0 fully saturated rings. The number of guanidine groups is 1. The molecule has 1 aromatic carbocycles. The fourth-order valence-corrected chi connectivity index (χ4v) is 1.80. The number of nitro groups is 1. The highest BCUT2D eigenvalue weighted by Gasteiger charge is 2.16. The Balaban J connectivity index is 2.33. The van der Waals surface area contributed by atoms with Crippen LogP contribution in [-0.2, 0) is 11.3 Å². The molecule has 9 nitrogen and oxygen atoms in total. The van der Waals surface area contributed by atoms with Crippen molar-refractivity contribution in [1.29, 1.82) is 0 Å². The van der Waals surface area contributed by atoms with Crippen molar-refractivity contribution in [2.45, 2.75) is 25.4 Å². The van der Waals surface area contributed by atoms with Gasteiger partial charge in [-0.1, -0.05) is 30.3 Å². The number of nitrogens with zero attached hydrogens (tertiary/aromatic N) is 2. The summed E-state index contributed by atoms with van der Waals surface area (Å²) < 4.78 is 0. The molecule has 9 heteroatoms. The molecule has 120 valence electrons. The van der Waals surface area contributed by atoms with Crippen molar-refractivity contribution in [2.24, 2.45) is 10.8 Å². The van der Waals surface area contributed by atoms with Gasteiger partial charge >= 0.3 is 5.97 Å². The van der Waals surface area contributed by atoms with Crippen LogP contribution in [0.3, 0.4) is 0 Å². The zero-order valence-corrected chi connectivity index (χ0v) is 11.9. The zero-order chi connectivity index (χ0) is 16.4. The number of benzene rings is 1. The van der Waals surface area contributed by atoms with Gasteiger partial charge in [-0.2, -0.15) is 0 Å². The Kier molecular flexibility index (Phi) is 7.34. The molecule has 1 atom stereocenters. The normalized spacial score (nSPS) is 12.6. The first-order valence-corrected chi connectivity index (χ1v) is 6.71. The number of rotatable bonds is 9. The fourth-order valence-electron chi connectivity index (χ4n) is 1.80. The molecular weight excluding hydrogens is 290 g/mol. The lowest BCUT2D eigenvalue weighted by Gasteiger charge is -2.14. The van der Waals surface area contributed by atoms with Crippen LogP contribution < -0.4 is 16.4 Å². The zero-order valence-electron chi connectivity index (χ0n) is 11.9. The molecule has 0 saturated heterocycles. The van der Waals surface area contributed by atoms with E-state index >= 15 is 0 Å². The molecule has 0 bridgehead atoms. The van der Waals surface area contributed by atoms with E-state index in [4.69, 9.17) is 10.8 Å². The number of carboxylic acid groups (broad SMARTS) is 1. The van der Waals surface area contributed by atoms with E-state index in [0.717, 1.165) is 5.56 Å². The summed E-state index contributed by atoms with van der Waals surface area (Å²) in [6.07, 6.45) is 0.841. The molecule has 0 saturated carbocycles. The number of hydrogen-bond donors (Lipinski definition) is 4. The van der Waals surface area contributed by atoms with Gasteiger partial charge in [0, 0.05) is 13.1 Å². The first kappa shape index (κ1) is 17.4. The van der Waals surface area contributed by atoms with Crippen molar-refractivity contribution in [3.05, 3.63) is 46.0 Å². The Labute approximate surface area is 127 Å². The molecule has 1 rings (SSSR count). The van der Waals surface area contributed by atoms with Gasteiger partial charge in [-0.25, -0.2) is 10.1 Å². The van der Waals surface area contributed by atoms with Gasteiger partial charge in [0.25, 0.3) is 5.96 Å². The second-order valence-electron chi connectivity index (χ2n) is 4.55. The highest BCUT2D eigenvalue weighted by molar-refractivity contribution is 5.77. The minimum atomic E-state index is -0.942. The van der Waals surface area contributed by atoms with E-state index in [0.29, 0.717) is 25.9 Å². The monoisotopic (exact) mass is 309 g/mol. The molecule has 22 heavy (non-hydrogen) atoms. The predicted molar refractivity (Wildman–Crippen MR) is 80.6 cm³/mol. The maximum Gasteiger partial charge on any atom is 0.320 e. The van der Waals surface area contributed by atoms with Crippen molar-refractivity contribution >= 4 is 11.9 Å². The van der Waals surface area contributed by atoms with Crippen molar-refractivity contribution < 1.29 is 14.9 Å². The van der Waals surface area contributed by atoms with Gasteiger partial charge in [0.1, 0.15) is 11.1 Å². The summed E-state index contributed by atoms with van der Waals surface area (Å²) in [7, 11) is 0. The third-order valence-corrected chi connectivity index (χ3v) is 2.86. The lowest BCUT2D eigenvalue weighted by Crippen LogP contribution is -2.38. The first-order chi connectivity index (χ1) is 10.5. The third-order valence-electron chi connectivity index (χ3n) is 2.86. The molecule has 0 spiro atoms. The minimum Gasteiger partial charge on any atom is -0.480 e. The van der Waals surface area contributed by atoms with Crippen LogP contribution in [0.1, 0.15) is 18.4 Å². The van der Waals surface area contributed by atoms with E-state index in [2.05, 4.69) is 15.7 Å². The van der Waals surface area contributed by atoms with Gasteiger partial charge in [-0.15, -0.1) is 0 Å². The maximum atomic E-state index is 11.2. The van der Waals surface area contributed by atoms with Gasteiger partial charge in [0.05, 0.1) is 0 Å². The van der Waals surface area contributed by atoms with Crippen LogP contribution in [0.2, 0.25) is 0 Å². The maximum absolute atomic E-state index is 11.2. The lowest BCUT2D eigenvalue weighted by atomic mass is 10.1. The molecule has 1 aromatic rings. The van der Waals surface area contributed by atoms with Crippen molar-refractivity contribution in [2.75, 3.05) is 6.54 Å². The predicted octanol–water partition coefficient (Wildman–Crippen LogP) is 0.106. The number of hydrogen-bond acceptors (Lipinski definition) is 4. The van der Waals surface area contributed by atoms with Crippen LogP contribution >= 0.6 is 0 Å². The van der Waals surface area contributed by atoms with Crippen LogP contribution in [0, 0.1) is 10.1 Å². The third kappa shape index (κ3) is 7.20. The molecule has 0 unspecified atom stereocenters. The summed E-state index contributed by atoms with van der Waals surface area (Å²) in [4.78, 5) is 21.2. The van der Waals surface area contributed by atoms with Gasteiger partial charge in [0.2, 0.25) is 0 Å². The SMILES string of the molecule is N/C(=N/[N+](=O)[O-])NCCC[C@@H](NCc1ccccc1)C(=O)O. The molecular formula is C13H19N5O4. The van der Waals surface area contributed by atoms with Crippen LogP contribution in [0.4, 0.5) is 0 Å². The largest absolute Gasteiger partial charge is 0.480 e. The van der Waals surface area contributed by atoms with Crippen molar-refractivity contribution in [1.82, 2.24) is 10.6 Å². The average molecular weight is 309 g/mol. The van der Waals surface area contributed by atoms with Crippen LogP contribution in [0.5, 0.6) is 0 Å². The summed E-state index contributed by atoms with van der Waals surface area (Å²) in [5, 5.41) is 26.7. The molecule has 0 heterocycles. The van der Waals surface area contributed by atoms with Crippen molar-refractivity contribution in [3.63, 3.8) is 0 Å². The summed E-state index contributed by atoms with van der Waals surface area (Å²) in [6, 6.07) is 8.77. The van der Waals surface area contributed by atoms with E-state index in [9.17, 15) is 14.9 Å². The number of aliphatic carboxylic acids is 1. The molecule has 0 aliphatic carbocycles. The summed E-state index contributed by atoms with van der Waals surface area (Å²) in [5.41, 5.74) is 6.25. The Morgan fingerprint density at radius 1 is 1.41 bits per heavy atom. The van der Waals surface area contributed by atoms with E-state index in [1.54, 1.807) is 0 Å². The van der Waals surface area contributed by atoms with E-state index in [-0.39, 0.29) is 5.96 Å². The number of carboxylic acids is 1. The number of carbonyl (C=O) groups is 1. The molecule has 0 aromatic heterocycles. The smallest absolute Gasteiger partial charge is 0.320 e. The van der Waals surface area contributed by atoms with Crippen LogP contribution in [0.25, 0.3) is 0 Å². The summed E-state index contributed by atoms with van der Waals surface area (Å²) in [6.45, 7) is 0.760. The Morgan fingerprint density at radius 3 is 2.68 bits per heavy atom.